The Morgan fingerprint density at radius 3 is 2.32 bits per heavy atom. The first kappa shape index (κ1) is 21.5. The molecule has 0 bridgehead atoms. The topological polar surface area (TPSA) is 58.6 Å². The van der Waals surface area contributed by atoms with Crippen LogP contribution in [0.1, 0.15) is 38.3 Å². The largest absolute Gasteiger partial charge is 0.497 e. The van der Waals surface area contributed by atoms with Gasteiger partial charge in [-0.25, -0.2) is 0 Å². The number of carbonyl (C=O) groups excluding carboxylic acids is 2. The highest BCUT2D eigenvalue weighted by Gasteiger charge is 2.29. The van der Waals surface area contributed by atoms with Crippen LogP contribution in [0.3, 0.4) is 0 Å². The lowest BCUT2D eigenvalue weighted by Gasteiger charge is -2.31. The van der Waals surface area contributed by atoms with E-state index in [1.807, 2.05) is 75.4 Å². The molecule has 2 aromatic rings. The van der Waals surface area contributed by atoms with Gasteiger partial charge in [0.2, 0.25) is 11.8 Å². The SMILES string of the molecule is CC[C@@H](C(=O)NC(C)C)N(Cc1cccc(OC)c1)C(=O)Cc1ccccc1. The molecule has 2 amide bonds. The van der Waals surface area contributed by atoms with E-state index in [0.717, 1.165) is 16.9 Å². The van der Waals surface area contributed by atoms with Crippen molar-refractivity contribution in [2.45, 2.75) is 52.2 Å². The zero-order chi connectivity index (χ0) is 20.5. The Hall–Kier alpha value is -2.82. The fraction of sp³-hybridized carbons (Fsp3) is 0.391. The van der Waals surface area contributed by atoms with E-state index in [1.54, 1.807) is 12.0 Å². The van der Waals surface area contributed by atoms with Crippen LogP contribution in [0.15, 0.2) is 54.6 Å². The van der Waals surface area contributed by atoms with Crippen LogP contribution in [-0.2, 0) is 22.6 Å². The van der Waals surface area contributed by atoms with Crippen LogP contribution < -0.4 is 10.1 Å². The van der Waals surface area contributed by atoms with Gasteiger partial charge in [0.25, 0.3) is 0 Å². The van der Waals surface area contributed by atoms with Gasteiger partial charge in [0.15, 0.2) is 0 Å². The molecule has 0 aromatic heterocycles. The number of hydrogen-bond donors (Lipinski definition) is 1. The summed E-state index contributed by atoms with van der Waals surface area (Å²) in [5.41, 5.74) is 1.86. The van der Waals surface area contributed by atoms with Crippen molar-refractivity contribution in [3.05, 3.63) is 65.7 Å². The van der Waals surface area contributed by atoms with Gasteiger partial charge in [-0.1, -0.05) is 49.4 Å². The van der Waals surface area contributed by atoms with Crippen molar-refractivity contribution in [3.8, 4) is 5.75 Å². The summed E-state index contributed by atoms with van der Waals surface area (Å²) in [6, 6.07) is 16.7. The van der Waals surface area contributed by atoms with Gasteiger partial charge in [-0.05, 0) is 43.5 Å². The maximum atomic E-state index is 13.2. The van der Waals surface area contributed by atoms with Gasteiger partial charge in [-0.3, -0.25) is 9.59 Å². The van der Waals surface area contributed by atoms with Gasteiger partial charge in [0.05, 0.1) is 13.5 Å². The number of nitrogens with zero attached hydrogens (tertiary/aromatic N) is 1. The number of rotatable bonds is 9. The summed E-state index contributed by atoms with van der Waals surface area (Å²) in [7, 11) is 1.61. The summed E-state index contributed by atoms with van der Waals surface area (Å²) in [5, 5.41) is 2.94. The Morgan fingerprint density at radius 2 is 1.71 bits per heavy atom. The average Bonchev–Trinajstić information content (AvgIpc) is 2.68. The van der Waals surface area contributed by atoms with Crippen molar-refractivity contribution in [1.82, 2.24) is 10.2 Å². The van der Waals surface area contributed by atoms with E-state index in [0.29, 0.717) is 13.0 Å². The second-order valence-corrected chi connectivity index (χ2v) is 7.12. The summed E-state index contributed by atoms with van der Waals surface area (Å²) >= 11 is 0. The van der Waals surface area contributed by atoms with Crippen LogP contribution >= 0.6 is 0 Å². The monoisotopic (exact) mass is 382 g/mol. The molecule has 0 spiro atoms. The zero-order valence-electron chi connectivity index (χ0n) is 17.1. The maximum Gasteiger partial charge on any atom is 0.243 e. The summed E-state index contributed by atoms with van der Waals surface area (Å²) < 4.78 is 5.30. The molecule has 5 nitrogen and oxygen atoms in total. The first-order chi connectivity index (χ1) is 13.4. The Bertz CT molecular complexity index is 774. The van der Waals surface area contributed by atoms with Crippen molar-refractivity contribution in [2.24, 2.45) is 0 Å². The molecule has 0 aliphatic rings. The molecule has 0 saturated carbocycles. The first-order valence-corrected chi connectivity index (χ1v) is 9.71. The Balaban J connectivity index is 2.29. The summed E-state index contributed by atoms with van der Waals surface area (Å²) in [4.78, 5) is 27.6. The number of methoxy groups -OCH3 is 1. The third kappa shape index (κ3) is 6.12. The Morgan fingerprint density at radius 1 is 1.04 bits per heavy atom. The molecule has 0 heterocycles. The normalized spacial score (nSPS) is 11.8. The zero-order valence-corrected chi connectivity index (χ0v) is 17.1. The number of hydrogen-bond acceptors (Lipinski definition) is 3. The van der Waals surface area contributed by atoms with E-state index in [2.05, 4.69) is 5.32 Å². The van der Waals surface area contributed by atoms with E-state index in [1.165, 1.54) is 0 Å². The lowest BCUT2D eigenvalue weighted by atomic mass is 10.1. The lowest BCUT2D eigenvalue weighted by molar-refractivity contribution is -0.141. The van der Waals surface area contributed by atoms with Crippen LogP contribution in [0.2, 0.25) is 0 Å². The number of nitrogens with one attached hydrogen (secondary N) is 1. The fourth-order valence-electron chi connectivity index (χ4n) is 3.14. The highest BCUT2D eigenvalue weighted by molar-refractivity contribution is 5.88. The molecule has 2 rings (SSSR count). The van der Waals surface area contributed by atoms with E-state index < -0.39 is 6.04 Å². The predicted octanol–water partition coefficient (Wildman–Crippen LogP) is 3.57. The van der Waals surface area contributed by atoms with Gasteiger partial charge in [-0.15, -0.1) is 0 Å². The molecule has 1 N–H and O–H groups in total. The number of amides is 2. The summed E-state index contributed by atoms with van der Waals surface area (Å²) in [6.07, 6.45) is 0.805. The van der Waals surface area contributed by atoms with Crippen LogP contribution in [0.25, 0.3) is 0 Å². The second-order valence-electron chi connectivity index (χ2n) is 7.12. The van der Waals surface area contributed by atoms with Crippen molar-refractivity contribution in [3.63, 3.8) is 0 Å². The Labute approximate surface area is 167 Å². The standard InChI is InChI=1S/C23H30N2O3/c1-5-21(23(27)24-17(2)3)25(16-19-12-9-13-20(14-19)28-4)22(26)15-18-10-7-6-8-11-18/h6-14,17,21H,5,15-16H2,1-4H3,(H,24,27)/t21-/m0/s1. The molecule has 0 unspecified atom stereocenters. The van der Waals surface area contributed by atoms with Crippen LogP contribution in [0.5, 0.6) is 5.75 Å². The van der Waals surface area contributed by atoms with Gasteiger partial charge >= 0.3 is 0 Å². The molecule has 0 aliphatic heterocycles. The van der Waals surface area contributed by atoms with E-state index in [-0.39, 0.29) is 24.3 Å². The molecule has 28 heavy (non-hydrogen) atoms. The van der Waals surface area contributed by atoms with Crippen molar-refractivity contribution in [1.29, 1.82) is 0 Å². The van der Waals surface area contributed by atoms with Crippen LogP contribution in [0.4, 0.5) is 0 Å². The Kier molecular flexibility index (Phi) is 8.05. The molecular weight excluding hydrogens is 352 g/mol. The predicted molar refractivity (Wildman–Crippen MR) is 111 cm³/mol. The maximum absolute atomic E-state index is 13.2. The first-order valence-electron chi connectivity index (χ1n) is 9.71. The molecule has 150 valence electrons. The molecule has 1 atom stereocenters. The minimum absolute atomic E-state index is 0.0180. The molecule has 0 aliphatic carbocycles. The number of benzene rings is 2. The highest BCUT2D eigenvalue weighted by Crippen LogP contribution is 2.18. The number of carbonyl (C=O) groups is 2. The molecular formula is C23H30N2O3. The minimum Gasteiger partial charge on any atom is -0.497 e. The minimum atomic E-state index is -0.523. The van der Waals surface area contributed by atoms with Crippen LogP contribution in [0, 0.1) is 0 Å². The fourth-order valence-corrected chi connectivity index (χ4v) is 3.14. The molecule has 0 fully saturated rings. The van der Waals surface area contributed by atoms with Gasteiger partial charge in [-0.2, -0.15) is 0 Å². The van der Waals surface area contributed by atoms with E-state index >= 15 is 0 Å². The summed E-state index contributed by atoms with van der Waals surface area (Å²) in [5.74, 6) is 0.536. The second kappa shape index (κ2) is 10.5. The smallest absolute Gasteiger partial charge is 0.243 e. The van der Waals surface area contributed by atoms with Gasteiger partial charge in [0.1, 0.15) is 11.8 Å². The third-order valence-electron chi connectivity index (χ3n) is 4.50. The van der Waals surface area contributed by atoms with Gasteiger partial charge in [0, 0.05) is 12.6 Å². The van der Waals surface area contributed by atoms with Crippen molar-refractivity contribution in [2.75, 3.05) is 7.11 Å². The summed E-state index contributed by atoms with van der Waals surface area (Å²) in [6.45, 7) is 6.12. The quantitative estimate of drug-likeness (QED) is 0.721. The van der Waals surface area contributed by atoms with E-state index in [4.69, 9.17) is 4.74 Å². The molecule has 0 radical (unpaired) electrons. The lowest BCUT2D eigenvalue weighted by Crippen LogP contribution is -2.50. The highest BCUT2D eigenvalue weighted by atomic mass is 16.5. The van der Waals surface area contributed by atoms with Crippen molar-refractivity contribution < 1.29 is 14.3 Å². The van der Waals surface area contributed by atoms with Gasteiger partial charge < -0.3 is 15.0 Å². The number of ether oxygens (including phenoxy) is 1. The average molecular weight is 383 g/mol. The van der Waals surface area contributed by atoms with Crippen LogP contribution in [-0.4, -0.2) is 35.9 Å². The third-order valence-corrected chi connectivity index (χ3v) is 4.50. The molecule has 5 heteroatoms. The van der Waals surface area contributed by atoms with E-state index in [9.17, 15) is 9.59 Å². The molecule has 0 saturated heterocycles. The molecule has 2 aromatic carbocycles. The van der Waals surface area contributed by atoms with Crippen molar-refractivity contribution >= 4 is 11.8 Å².